The first kappa shape index (κ1) is 14.5. The Labute approximate surface area is 128 Å². The number of nitrogens with one attached hydrogen (secondary N) is 2. The van der Waals surface area contributed by atoms with Gasteiger partial charge in [-0.1, -0.05) is 0 Å². The average Bonchev–Trinajstić information content (AvgIpc) is 2.67. The Kier molecular flexibility index (Phi) is 3.81. The molecule has 1 amide bonds. The molecule has 1 aliphatic rings. The van der Waals surface area contributed by atoms with E-state index in [0.29, 0.717) is 30.6 Å². The number of nitrogens with zero attached hydrogens (tertiary/aromatic N) is 1. The van der Waals surface area contributed by atoms with Crippen LogP contribution in [0.25, 0.3) is 0 Å². The van der Waals surface area contributed by atoms with Gasteiger partial charge in [-0.2, -0.15) is 0 Å². The molecule has 1 aromatic carbocycles. The number of amides is 1. The molecule has 0 aliphatic carbocycles. The number of anilines is 2. The number of fused-ring (bicyclic) bond motifs is 1. The van der Waals surface area contributed by atoms with E-state index in [2.05, 4.69) is 15.0 Å². The van der Waals surface area contributed by atoms with Crippen LogP contribution in [0.15, 0.2) is 47.6 Å². The van der Waals surface area contributed by atoms with Crippen molar-refractivity contribution in [3.05, 3.63) is 48.3 Å². The molecular formula is C15H15N3O3S. The second kappa shape index (κ2) is 5.76. The number of aromatic nitrogens is 1. The third kappa shape index (κ3) is 3.09. The smallest absolute Gasteiger partial charge is 0.261 e. The lowest BCUT2D eigenvalue weighted by Gasteiger charge is -2.11. The summed E-state index contributed by atoms with van der Waals surface area (Å²) < 4.78 is 27.3. The molecule has 0 unspecified atom stereocenters. The zero-order valence-electron chi connectivity index (χ0n) is 11.7. The van der Waals surface area contributed by atoms with Gasteiger partial charge in [0, 0.05) is 18.3 Å². The maximum atomic E-state index is 12.4. The van der Waals surface area contributed by atoms with Crippen molar-refractivity contribution in [2.24, 2.45) is 0 Å². The molecule has 22 heavy (non-hydrogen) atoms. The van der Waals surface area contributed by atoms with E-state index in [1.54, 1.807) is 30.5 Å². The van der Waals surface area contributed by atoms with Gasteiger partial charge in [0.25, 0.3) is 10.0 Å². The summed E-state index contributed by atoms with van der Waals surface area (Å²) in [6, 6.07) is 8.03. The van der Waals surface area contributed by atoms with E-state index in [1.165, 1.54) is 12.3 Å². The lowest BCUT2D eigenvalue weighted by atomic mass is 10.1. The second-order valence-electron chi connectivity index (χ2n) is 5.07. The number of aryl methyl sites for hydroxylation is 1. The van der Waals surface area contributed by atoms with Crippen LogP contribution in [0, 0.1) is 0 Å². The molecule has 0 saturated heterocycles. The fourth-order valence-corrected chi connectivity index (χ4v) is 3.45. The van der Waals surface area contributed by atoms with Crippen molar-refractivity contribution in [2.45, 2.75) is 24.2 Å². The van der Waals surface area contributed by atoms with Crippen LogP contribution < -0.4 is 10.0 Å². The highest BCUT2D eigenvalue weighted by atomic mass is 32.2. The summed E-state index contributed by atoms with van der Waals surface area (Å²) in [4.78, 5) is 15.6. The third-order valence-electron chi connectivity index (χ3n) is 3.42. The van der Waals surface area contributed by atoms with Gasteiger partial charge < -0.3 is 5.32 Å². The predicted octanol–water partition coefficient (Wildman–Crippen LogP) is 2.16. The monoisotopic (exact) mass is 317 g/mol. The molecule has 0 spiro atoms. The van der Waals surface area contributed by atoms with E-state index >= 15 is 0 Å². The Morgan fingerprint density at radius 1 is 1.18 bits per heavy atom. The van der Waals surface area contributed by atoms with Crippen LogP contribution >= 0.6 is 0 Å². The summed E-state index contributed by atoms with van der Waals surface area (Å²) in [5.74, 6) is -0.0390. The lowest BCUT2D eigenvalue weighted by molar-refractivity contribution is -0.116. The minimum absolute atomic E-state index is 0.0390. The molecule has 1 aliphatic heterocycles. The quantitative estimate of drug-likeness (QED) is 0.908. The van der Waals surface area contributed by atoms with Gasteiger partial charge >= 0.3 is 0 Å². The maximum absolute atomic E-state index is 12.4. The number of carbonyl (C=O) groups excluding carboxylic acids is 1. The van der Waals surface area contributed by atoms with Gasteiger partial charge in [0.15, 0.2) is 0 Å². The van der Waals surface area contributed by atoms with Crippen molar-refractivity contribution >= 4 is 27.3 Å². The summed E-state index contributed by atoms with van der Waals surface area (Å²) in [7, 11) is -3.67. The Morgan fingerprint density at radius 3 is 2.82 bits per heavy atom. The molecule has 2 heterocycles. The largest absolute Gasteiger partial charge is 0.326 e. The molecule has 114 valence electrons. The van der Waals surface area contributed by atoms with Crippen molar-refractivity contribution < 1.29 is 13.2 Å². The number of carbonyl (C=O) groups is 1. The molecule has 6 nitrogen and oxygen atoms in total. The van der Waals surface area contributed by atoms with E-state index in [4.69, 9.17) is 0 Å². The molecule has 2 aromatic rings. The highest BCUT2D eigenvalue weighted by molar-refractivity contribution is 7.92. The van der Waals surface area contributed by atoms with E-state index in [1.807, 2.05) is 0 Å². The van der Waals surface area contributed by atoms with Crippen molar-refractivity contribution in [1.82, 2.24) is 4.98 Å². The number of hydrogen-bond donors (Lipinski definition) is 2. The van der Waals surface area contributed by atoms with Crippen LogP contribution in [-0.2, 0) is 21.2 Å². The first-order chi connectivity index (χ1) is 10.5. The summed E-state index contributed by atoms with van der Waals surface area (Å²) >= 11 is 0. The minimum atomic E-state index is -3.67. The highest BCUT2D eigenvalue weighted by Gasteiger charge is 2.19. The lowest BCUT2D eigenvalue weighted by Crippen LogP contribution is -2.14. The van der Waals surface area contributed by atoms with Gasteiger partial charge in [0.2, 0.25) is 5.91 Å². The summed E-state index contributed by atoms with van der Waals surface area (Å²) in [6.07, 6.45) is 4.84. The SMILES string of the molecule is O=C1CCCc2cc(S(=O)(=O)Nc3cccnc3)ccc2N1. The van der Waals surface area contributed by atoms with Crippen molar-refractivity contribution in [3.8, 4) is 0 Å². The van der Waals surface area contributed by atoms with Crippen LogP contribution in [0.1, 0.15) is 18.4 Å². The van der Waals surface area contributed by atoms with Crippen LogP contribution in [0.5, 0.6) is 0 Å². The van der Waals surface area contributed by atoms with Gasteiger partial charge in [0.1, 0.15) is 0 Å². The number of benzene rings is 1. The Morgan fingerprint density at radius 2 is 2.05 bits per heavy atom. The topological polar surface area (TPSA) is 88.2 Å². The molecule has 0 radical (unpaired) electrons. The zero-order chi connectivity index (χ0) is 15.6. The number of sulfonamides is 1. The predicted molar refractivity (Wildman–Crippen MR) is 83.1 cm³/mol. The van der Waals surface area contributed by atoms with Crippen molar-refractivity contribution in [1.29, 1.82) is 0 Å². The number of hydrogen-bond acceptors (Lipinski definition) is 4. The van der Waals surface area contributed by atoms with Crippen molar-refractivity contribution in [2.75, 3.05) is 10.0 Å². The van der Waals surface area contributed by atoms with E-state index in [9.17, 15) is 13.2 Å². The molecule has 3 rings (SSSR count). The van der Waals surface area contributed by atoms with Gasteiger partial charge in [-0.15, -0.1) is 0 Å². The van der Waals surface area contributed by atoms with E-state index < -0.39 is 10.0 Å². The molecular weight excluding hydrogens is 302 g/mol. The molecule has 0 bridgehead atoms. The fourth-order valence-electron chi connectivity index (χ4n) is 2.36. The van der Waals surface area contributed by atoms with Crippen molar-refractivity contribution in [3.63, 3.8) is 0 Å². The second-order valence-corrected chi connectivity index (χ2v) is 6.75. The van der Waals surface area contributed by atoms with Gasteiger partial charge in [0.05, 0.1) is 16.8 Å². The third-order valence-corrected chi connectivity index (χ3v) is 4.80. The summed E-state index contributed by atoms with van der Waals surface area (Å²) in [5, 5.41) is 2.79. The normalized spacial score (nSPS) is 14.6. The first-order valence-corrected chi connectivity index (χ1v) is 8.38. The molecule has 1 aromatic heterocycles. The van der Waals surface area contributed by atoms with E-state index in [-0.39, 0.29) is 10.8 Å². The molecule has 0 atom stereocenters. The number of pyridine rings is 1. The summed E-state index contributed by atoms with van der Waals surface area (Å²) in [5.41, 5.74) is 1.92. The Hall–Kier alpha value is -2.41. The van der Waals surface area contributed by atoms with Crippen LogP contribution in [0.3, 0.4) is 0 Å². The van der Waals surface area contributed by atoms with Crippen LogP contribution in [0.4, 0.5) is 11.4 Å². The van der Waals surface area contributed by atoms with Gasteiger partial charge in [-0.25, -0.2) is 8.42 Å². The van der Waals surface area contributed by atoms with Crippen LogP contribution in [-0.4, -0.2) is 19.3 Å². The van der Waals surface area contributed by atoms with Gasteiger partial charge in [-0.05, 0) is 48.7 Å². The fraction of sp³-hybridized carbons (Fsp3) is 0.200. The highest BCUT2D eigenvalue weighted by Crippen LogP contribution is 2.26. The number of rotatable bonds is 3. The molecule has 0 fully saturated rings. The Bertz CT molecular complexity index is 804. The maximum Gasteiger partial charge on any atom is 0.261 e. The van der Waals surface area contributed by atoms with Gasteiger partial charge in [-0.3, -0.25) is 14.5 Å². The first-order valence-electron chi connectivity index (χ1n) is 6.90. The standard InChI is InChI=1S/C15H15N3O3S/c19-15-5-1-3-11-9-13(6-7-14(11)17-15)22(20,21)18-12-4-2-8-16-10-12/h2,4,6-10,18H,1,3,5H2,(H,17,19). The molecule has 7 heteroatoms. The van der Waals surface area contributed by atoms with E-state index in [0.717, 1.165) is 5.56 Å². The Balaban J connectivity index is 1.91. The molecule has 0 saturated carbocycles. The average molecular weight is 317 g/mol. The molecule has 2 N–H and O–H groups in total. The zero-order valence-corrected chi connectivity index (χ0v) is 12.6. The minimum Gasteiger partial charge on any atom is -0.326 e. The summed E-state index contributed by atoms with van der Waals surface area (Å²) in [6.45, 7) is 0. The van der Waals surface area contributed by atoms with Crippen LogP contribution in [0.2, 0.25) is 0 Å².